The van der Waals surface area contributed by atoms with Gasteiger partial charge in [0.25, 0.3) is 0 Å². The smallest absolute Gasteiger partial charge is 0.336 e. The predicted molar refractivity (Wildman–Crippen MR) is 105 cm³/mol. The molecule has 0 radical (unpaired) electrons. The first-order chi connectivity index (χ1) is 14.2. The van der Waals surface area contributed by atoms with Crippen LogP contribution in [0.5, 0.6) is 0 Å². The minimum atomic E-state index is -1.30. The van der Waals surface area contributed by atoms with Gasteiger partial charge in [-0.2, -0.15) is 0 Å². The summed E-state index contributed by atoms with van der Waals surface area (Å²) in [6.45, 7) is 0. The molecular formula is C22H14O8. The number of carboxylic acid groups (broad SMARTS) is 4. The van der Waals surface area contributed by atoms with Crippen LogP contribution in [0.3, 0.4) is 0 Å². The fourth-order valence-corrected chi connectivity index (χ4v) is 3.12. The molecule has 0 fully saturated rings. The molecule has 150 valence electrons. The Morgan fingerprint density at radius 3 is 0.967 bits per heavy atom. The lowest BCUT2D eigenvalue weighted by Gasteiger charge is -2.17. The Balaban J connectivity index is 2.36. The third kappa shape index (κ3) is 3.74. The molecular weight excluding hydrogens is 392 g/mol. The molecule has 4 N–H and O–H groups in total. The Kier molecular flexibility index (Phi) is 5.33. The zero-order valence-corrected chi connectivity index (χ0v) is 15.2. The summed E-state index contributed by atoms with van der Waals surface area (Å²) in [5.41, 5.74) is 0.385. The van der Waals surface area contributed by atoms with Gasteiger partial charge in [-0.1, -0.05) is 24.3 Å². The Hall–Kier alpha value is -4.46. The average molecular weight is 406 g/mol. The van der Waals surface area contributed by atoms with Crippen LogP contribution in [0.15, 0.2) is 60.7 Å². The van der Waals surface area contributed by atoms with Crippen LogP contribution >= 0.6 is 0 Å². The van der Waals surface area contributed by atoms with Gasteiger partial charge in [0, 0.05) is 11.1 Å². The van der Waals surface area contributed by atoms with E-state index in [1.54, 1.807) is 0 Å². The molecule has 30 heavy (non-hydrogen) atoms. The number of benzene rings is 3. The van der Waals surface area contributed by atoms with Gasteiger partial charge in [-0.05, 0) is 47.5 Å². The molecule has 0 unspecified atom stereocenters. The molecule has 3 rings (SSSR count). The van der Waals surface area contributed by atoms with Gasteiger partial charge < -0.3 is 20.4 Å². The van der Waals surface area contributed by atoms with Crippen molar-refractivity contribution in [2.24, 2.45) is 0 Å². The van der Waals surface area contributed by atoms with Gasteiger partial charge in [-0.3, -0.25) is 0 Å². The van der Waals surface area contributed by atoms with Gasteiger partial charge in [0.15, 0.2) is 0 Å². The molecule has 0 saturated carbocycles. The molecule has 0 aliphatic carbocycles. The summed E-state index contributed by atoms with van der Waals surface area (Å²) in [5, 5.41) is 37.5. The third-order valence-corrected chi connectivity index (χ3v) is 4.51. The molecule has 0 aromatic heterocycles. The fourth-order valence-electron chi connectivity index (χ4n) is 3.12. The molecule has 8 nitrogen and oxygen atoms in total. The quantitative estimate of drug-likeness (QED) is 0.483. The summed E-state index contributed by atoms with van der Waals surface area (Å²) in [6.07, 6.45) is 0. The number of carbonyl (C=O) groups is 4. The molecule has 0 atom stereocenters. The van der Waals surface area contributed by atoms with Crippen LogP contribution in [0.4, 0.5) is 0 Å². The molecule has 0 aliphatic rings. The molecule has 0 bridgehead atoms. The van der Waals surface area contributed by atoms with Crippen LogP contribution in [0, 0.1) is 0 Å². The number of hydrogen-bond acceptors (Lipinski definition) is 4. The van der Waals surface area contributed by atoms with E-state index in [-0.39, 0.29) is 33.4 Å². The second-order valence-electron chi connectivity index (χ2n) is 6.29. The minimum absolute atomic E-state index is 0.0163. The SMILES string of the molecule is O=C(O)c1ccc(-c2c(C(=O)O)ccc(C(=O)O)c2-c2ccc(C(=O)O)cc2)cc1. The Morgan fingerprint density at radius 2 is 0.733 bits per heavy atom. The zero-order valence-electron chi connectivity index (χ0n) is 15.2. The first-order valence-electron chi connectivity index (χ1n) is 8.51. The second-order valence-corrected chi connectivity index (χ2v) is 6.29. The van der Waals surface area contributed by atoms with Gasteiger partial charge in [0.05, 0.1) is 22.3 Å². The van der Waals surface area contributed by atoms with Crippen molar-refractivity contribution in [1.82, 2.24) is 0 Å². The molecule has 3 aromatic carbocycles. The summed E-state index contributed by atoms with van der Waals surface area (Å²) < 4.78 is 0. The first-order valence-corrected chi connectivity index (χ1v) is 8.51. The fraction of sp³-hybridized carbons (Fsp3) is 0. The summed E-state index contributed by atoms with van der Waals surface area (Å²) in [4.78, 5) is 46.0. The van der Waals surface area contributed by atoms with Crippen LogP contribution in [0.2, 0.25) is 0 Å². The van der Waals surface area contributed by atoms with Gasteiger partial charge in [-0.25, -0.2) is 19.2 Å². The topological polar surface area (TPSA) is 149 Å². The Morgan fingerprint density at radius 1 is 0.433 bits per heavy atom. The van der Waals surface area contributed by atoms with Crippen LogP contribution in [0.25, 0.3) is 22.3 Å². The summed E-state index contributed by atoms with van der Waals surface area (Å²) in [7, 11) is 0. The largest absolute Gasteiger partial charge is 0.478 e. The van der Waals surface area contributed by atoms with Crippen molar-refractivity contribution >= 4 is 23.9 Å². The molecule has 0 aliphatic heterocycles. The Bertz CT molecular complexity index is 1080. The lowest BCUT2D eigenvalue weighted by molar-refractivity contribution is 0.0682. The van der Waals surface area contributed by atoms with E-state index in [0.29, 0.717) is 11.1 Å². The van der Waals surface area contributed by atoms with Crippen LogP contribution in [0.1, 0.15) is 41.4 Å². The number of carboxylic acids is 4. The van der Waals surface area contributed by atoms with E-state index in [1.165, 1.54) is 60.7 Å². The van der Waals surface area contributed by atoms with Crippen molar-refractivity contribution in [3.05, 3.63) is 82.9 Å². The van der Waals surface area contributed by atoms with E-state index in [2.05, 4.69) is 0 Å². The summed E-state index contributed by atoms with van der Waals surface area (Å²) >= 11 is 0. The van der Waals surface area contributed by atoms with E-state index >= 15 is 0 Å². The lowest BCUT2D eigenvalue weighted by atomic mass is 9.86. The van der Waals surface area contributed by atoms with E-state index in [1.807, 2.05) is 0 Å². The molecule has 8 heteroatoms. The number of hydrogen-bond donors (Lipinski definition) is 4. The number of rotatable bonds is 6. The molecule has 0 spiro atoms. The summed E-state index contributed by atoms with van der Waals surface area (Å²) in [5.74, 6) is -4.92. The highest BCUT2D eigenvalue weighted by molar-refractivity contribution is 6.08. The van der Waals surface area contributed by atoms with Crippen molar-refractivity contribution in [2.75, 3.05) is 0 Å². The third-order valence-electron chi connectivity index (χ3n) is 4.51. The van der Waals surface area contributed by atoms with Crippen LogP contribution in [-0.2, 0) is 0 Å². The van der Waals surface area contributed by atoms with Crippen LogP contribution < -0.4 is 0 Å². The summed E-state index contributed by atoms with van der Waals surface area (Å²) in [6, 6.07) is 13.1. The number of aromatic carboxylic acids is 4. The van der Waals surface area contributed by atoms with Gasteiger partial charge in [0.2, 0.25) is 0 Å². The van der Waals surface area contributed by atoms with Gasteiger partial charge in [0.1, 0.15) is 0 Å². The second kappa shape index (κ2) is 7.88. The standard InChI is InChI=1S/C22H14O8/c23-19(24)13-5-1-11(2-6-13)17-15(21(27)28)9-10-16(22(29)30)18(17)12-3-7-14(8-4-12)20(25)26/h1-10H,(H,23,24)(H,25,26)(H,27,28)(H,29,30). The molecule has 0 amide bonds. The predicted octanol–water partition coefficient (Wildman–Crippen LogP) is 3.81. The monoisotopic (exact) mass is 406 g/mol. The van der Waals surface area contributed by atoms with Crippen molar-refractivity contribution in [1.29, 1.82) is 0 Å². The van der Waals surface area contributed by atoms with E-state index in [9.17, 15) is 29.4 Å². The van der Waals surface area contributed by atoms with Gasteiger partial charge in [-0.15, -0.1) is 0 Å². The zero-order chi connectivity index (χ0) is 22.0. The van der Waals surface area contributed by atoms with Crippen molar-refractivity contribution in [2.45, 2.75) is 0 Å². The normalized spacial score (nSPS) is 10.4. The van der Waals surface area contributed by atoms with Crippen molar-refractivity contribution < 1.29 is 39.6 Å². The maximum atomic E-state index is 11.9. The maximum absolute atomic E-state index is 11.9. The van der Waals surface area contributed by atoms with Crippen molar-refractivity contribution in [3.8, 4) is 22.3 Å². The first kappa shape index (κ1) is 20.3. The lowest BCUT2D eigenvalue weighted by Crippen LogP contribution is -2.08. The molecule has 3 aromatic rings. The van der Waals surface area contributed by atoms with E-state index < -0.39 is 23.9 Å². The highest BCUT2D eigenvalue weighted by Crippen LogP contribution is 2.38. The molecule has 0 saturated heterocycles. The van der Waals surface area contributed by atoms with E-state index in [0.717, 1.165) is 0 Å². The minimum Gasteiger partial charge on any atom is -0.478 e. The van der Waals surface area contributed by atoms with Gasteiger partial charge >= 0.3 is 23.9 Å². The Labute approximate surface area is 169 Å². The van der Waals surface area contributed by atoms with Crippen molar-refractivity contribution in [3.63, 3.8) is 0 Å². The highest BCUT2D eigenvalue weighted by atomic mass is 16.4. The van der Waals surface area contributed by atoms with E-state index in [4.69, 9.17) is 10.2 Å². The highest BCUT2D eigenvalue weighted by Gasteiger charge is 2.23. The maximum Gasteiger partial charge on any atom is 0.336 e. The van der Waals surface area contributed by atoms with Crippen LogP contribution in [-0.4, -0.2) is 44.3 Å². The molecule has 0 heterocycles. The average Bonchev–Trinajstić information content (AvgIpc) is 2.72.